The van der Waals surface area contributed by atoms with Crippen molar-refractivity contribution in [3.8, 4) is 5.75 Å². The molecule has 3 aromatic rings. The summed E-state index contributed by atoms with van der Waals surface area (Å²) in [6, 6.07) is 17.5. The van der Waals surface area contributed by atoms with Crippen LogP contribution in [0.2, 0.25) is 5.02 Å². The van der Waals surface area contributed by atoms with Gasteiger partial charge in [0.1, 0.15) is 18.2 Å². The molecule has 0 N–H and O–H groups in total. The zero-order chi connectivity index (χ0) is 25.5. The Kier molecular flexibility index (Phi) is 8.28. The number of alkyl halides is 3. The molecule has 188 valence electrons. The smallest absolute Gasteiger partial charge is 0.417 e. The third-order valence-corrected chi connectivity index (χ3v) is 6.14. The third kappa shape index (κ3) is 6.86. The van der Waals surface area contributed by atoms with Crippen LogP contribution in [0.1, 0.15) is 21.5 Å². The lowest BCUT2D eigenvalue weighted by atomic mass is 10.1. The molecule has 1 fully saturated rings. The maximum absolute atomic E-state index is 12.8. The molecule has 1 aliphatic heterocycles. The van der Waals surface area contributed by atoms with Gasteiger partial charge in [-0.05, 0) is 29.8 Å². The highest BCUT2D eigenvalue weighted by atomic mass is 35.5. The molecule has 36 heavy (non-hydrogen) atoms. The van der Waals surface area contributed by atoms with Gasteiger partial charge in [0.25, 0.3) is 0 Å². The molecule has 0 aliphatic carbocycles. The summed E-state index contributed by atoms with van der Waals surface area (Å²) in [6.07, 6.45) is -0.315. The molecule has 0 radical (unpaired) electrons. The number of carbonyl (C=O) groups is 1. The zero-order valence-corrected chi connectivity index (χ0v) is 20.2. The van der Waals surface area contributed by atoms with Gasteiger partial charge in [-0.25, -0.2) is 4.98 Å². The number of ether oxygens (including phenoxy) is 1. The van der Waals surface area contributed by atoms with Crippen molar-refractivity contribution in [2.75, 3.05) is 44.2 Å². The highest BCUT2D eigenvalue weighted by Gasteiger charge is 2.32. The van der Waals surface area contributed by atoms with E-state index in [0.29, 0.717) is 31.1 Å². The van der Waals surface area contributed by atoms with E-state index in [2.05, 4.69) is 9.88 Å². The van der Waals surface area contributed by atoms with Crippen molar-refractivity contribution in [1.29, 1.82) is 0 Å². The highest BCUT2D eigenvalue weighted by molar-refractivity contribution is 6.33. The van der Waals surface area contributed by atoms with Gasteiger partial charge < -0.3 is 9.64 Å². The molecular formula is C27H25ClF3N3O2. The topological polar surface area (TPSA) is 45.7 Å². The molecule has 4 rings (SSSR count). The van der Waals surface area contributed by atoms with Crippen LogP contribution >= 0.6 is 11.6 Å². The van der Waals surface area contributed by atoms with Gasteiger partial charge in [-0.3, -0.25) is 9.69 Å². The van der Waals surface area contributed by atoms with Crippen molar-refractivity contribution in [3.05, 3.63) is 94.6 Å². The van der Waals surface area contributed by atoms with Crippen molar-refractivity contribution in [2.45, 2.75) is 6.18 Å². The minimum atomic E-state index is -4.47. The Morgan fingerprint density at radius 2 is 1.72 bits per heavy atom. The monoisotopic (exact) mass is 515 g/mol. The summed E-state index contributed by atoms with van der Waals surface area (Å²) in [4.78, 5) is 20.2. The lowest BCUT2D eigenvalue weighted by molar-refractivity contribution is -0.137. The number of nitrogens with zero attached hydrogens (tertiary/aromatic N) is 3. The van der Waals surface area contributed by atoms with Gasteiger partial charge >= 0.3 is 6.18 Å². The van der Waals surface area contributed by atoms with Gasteiger partial charge in [-0.1, -0.05) is 60.1 Å². The fourth-order valence-corrected chi connectivity index (χ4v) is 4.13. The van der Waals surface area contributed by atoms with E-state index in [9.17, 15) is 18.0 Å². The molecule has 1 saturated heterocycles. The van der Waals surface area contributed by atoms with E-state index in [1.165, 1.54) is 0 Å². The summed E-state index contributed by atoms with van der Waals surface area (Å²) < 4.78 is 44.3. The number of rotatable bonds is 8. The molecule has 2 aromatic carbocycles. The number of pyridine rings is 1. The highest BCUT2D eigenvalue weighted by Crippen LogP contribution is 2.33. The van der Waals surface area contributed by atoms with E-state index in [0.717, 1.165) is 43.2 Å². The average molecular weight is 516 g/mol. The van der Waals surface area contributed by atoms with Crippen LogP contribution in [-0.2, 0) is 6.18 Å². The minimum Gasteiger partial charge on any atom is -0.492 e. The molecule has 9 heteroatoms. The summed E-state index contributed by atoms with van der Waals surface area (Å²) in [5.41, 5.74) is 0.698. The van der Waals surface area contributed by atoms with Gasteiger partial charge in [-0.2, -0.15) is 13.2 Å². The Morgan fingerprint density at radius 1 is 1.03 bits per heavy atom. The lowest BCUT2D eigenvalue weighted by Crippen LogP contribution is -2.47. The van der Waals surface area contributed by atoms with Crippen LogP contribution in [0.25, 0.3) is 6.08 Å². The number of carbonyl (C=O) groups excluding carboxylic acids is 1. The van der Waals surface area contributed by atoms with Crippen LogP contribution in [0.3, 0.4) is 0 Å². The average Bonchev–Trinajstić information content (AvgIpc) is 2.88. The van der Waals surface area contributed by atoms with E-state index in [1.54, 1.807) is 24.3 Å². The number of aromatic nitrogens is 1. The third-order valence-electron chi connectivity index (χ3n) is 5.86. The molecule has 5 nitrogen and oxygen atoms in total. The summed E-state index contributed by atoms with van der Waals surface area (Å²) in [7, 11) is 0. The Bertz CT molecular complexity index is 1190. The normalized spacial score (nSPS) is 14.8. The van der Waals surface area contributed by atoms with Crippen LogP contribution in [0.15, 0.2) is 72.9 Å². The predicted octanol–water partition coefficient (Wildman–Crippen LogP) is 5.85. The summed E-state index contributed by atoms with van der Waals surface area (Å²) in [5, 5.41) is 0.00401. The molecule has 0 atom stereocenters. The number of piperazine rings is 1. The molecule has 0 unspecified atom stereocenters. The molecule has 0 spiro atoms. The number of hydrogen-bond donors (Lipinski definition) is 0. The second-order valence-corrected chi connectivity index (χ2v) is 8.74. The number of benzene rings is 2. The van der Waals surface area contributed by atoms with Crippen LogP contribution < -0.4 is 9.64 Å². The van der Waals surface area contributed by atoms with Crippen LogP contribution in [-0.4, -0.2) is 55.0 Å². The van der Waals surface area contributed by atoms with E-state index in [4.69, 9.17) is 16.3 Å². The molecule has 0 saturated carbocycles. The van der Waals surface area contributed by atoms with Crippen molar-refractivity contribution >= 4 is 29.3 Å². The van der Waals surface area contributed by atoms with Gasteiger partial charge in [0.05, 0.1) is 10.6 Å². The predicted molar refractivity (Wildman–Crippen MR) is 135 cm³/mol. The van der Waals surface area contributed by atoms with Crippen molar-refractivity contribution in [3.63, 3.8) is 0 Å². The first kappa shape index (κ1) is 25.7. The number of ketones is 1. The molecule has 1 aliphatic rings. The van der Waals surface area contributed by atoms with E-state index in [1.807, 2.05) is 47.4 Å². The number of anilines is 1. The van der Waals surface area contributed by atoms with Gasteiger partial charge in [0.2, 0.25) is 0 Å². The number of hydrogen-bond acceptors (Lipinski definition) is 5. The quantitative estimate of drug-likeness (QED) is 0.278. The Hall–Kier alpha value is -3.36. The van der Waals surface area contributed by atoms with E-state index >= 15 is 0 Å². The first-order valence-electron chi connectivity index (χ1n) is 11.5. The lowest BCUT2D eigenvalue weighted by Gasteiger charge is -2.35. The standard InChI is InChI=1S/C27H25ClF3N3O2/c28-24-18-22(27(29,30)31)19-32-26(24)34-14-12-33(13-15-34)16-17-36-23-9-6-20(7-10-23)8-11-25(35)21-4-2-1-3-5-21/h1-11,18-19H,12-17H2. The molecule has 0 bridgehead atoms. The van der Waals surface area contributed by atoms with Crippen LogP contribution in [0, 0.1) is 0 Å². The maximum atomic E-state index is 12.8. The maximum Gasteiger partial charge on any atom is 0.417 e. The summed E-state index contributed by atoms with van der Waals surface area (Å²) in [6.45, 7) is 3.89. The number of allylic oxidation sites excluding steroid dienone is 1. The number of halogens is 4. The first-order chi connectivity index (χ1) is 17.3. The second-order valence-electron chi connectivity index (χ2n) is 8.34. The SMILES string of the molecule is O=C(C=Cc1ccc(OCCN2CCN(c3ncc(C(F)(F)F)cc3Cl)CC2)cc1)c1ccccc1. The fourth-order valence-electron chi connectivity index (χ4n) is 3.84. The fraction of sp³-hybridized carbons (Fsp3) is 0.259. The van der Waals surface area contributed by atoms with Crippen LogP contribution in [0.4, 0.5) is 19.0 Å². The Balaban J connectivity index is 1.20. The Morgan fingerprint density at radius 3 is 2.36 bits per heavy atom. The molecule has 2 heterocycles. The van der Waals surface area contributed by atoms with Gasteiger partial charge in [0.15, 0.2) is 5.78 Å². The van der Waals surface area contributed by atoms with Gasteiger partial charge in [-0.15, -0.1) is 0 Å². The summed E-state index contributed by atoms with van der Waals surface area (Å²) >= 11 is 6.07. The van der Waals surface area contributed by atoms with Gasteiger partial charge in [0, 0.05) is 44.5 Å². The first-order valence-corrected chi connectivity index (χ1v) is 11.9. The van der Waals surface area contributed by atoms with Crippen molar-refractivity contribution in [1.82, 2.24) is 9.88 Å². The van der Waals surface area contributed by atoms with E-state index in [-0.39, 0.29) is 10.8 Å². The molecule has 1 aromatic heterocycles. The second kappa shape index (κ2) is 11.6. The molecule has 0 amide bonds. The Labute approximate surface area is 212 Å². The van der Waals surface area contributed by atoms with E-state index < -0.39 is 11.7 Å². The van der Waals surface area contributed by atoms with Crippen molar-refractivity contribution < 1.29 is 22.7 Å². The van der Waals surface area contributed by atoms with Crippen molar-refractivity contribution in [2.24, 2.45) is 0 Å². The van der Waals surface area contributed by atoms with Crippen LogP contribution in [0.5, 0.6) is 5.75 Å². The largest absolute Gasteiger partial charge is 0.492 e. The molecular weight excluding hydrogens is 491 g/mol. The summed E-state index contributed by atoms with van der Waals surface area (Å²) in [5.74, 6) is 1.06. The zero-order valence-electron chi connectivity index (χ0n) is 19.4. The minimum absolute atomic E-state index is 0.00401.